The Morgan fingerprint density at radius 1 is 0.865 bits per heavy atom. The van der Waals surface area contributed by atoms with Crippen molar-refractivity contribution in [3.05, 3.63) is 119 Å². The molecule has 1 aliphatic heterocycles. The smallest absolute Gasteiger partial charge is 0.257 e. The van der Waals surface area contributed by atoms with E-state index in [1.807, 2.05) is 77.7 Å². The fourth-order valence-corrected chi connectivity index (χ4v) is 4.66. The molecular formula is C30H24N4O3. The molecule has 0 aliphatic carbocycles. The normalized spacial score (nSPS) is 12.7. The number of ether oxygens (including phenoxy) is 1. The summed E-state index contributed by atoms with van der Waals surface area (Å²) in [7, 11) is 0. The van der Waals surface area contributed by atoms with Gasteiger partial charge in [-0.2, -0.15) is 5.10 Å². The van der Waals surface area contributed by atoms with Crippen LogP contribution in [-0.4, -0.2) is 33.5 Å². The first-order chi connectivity index (χ1) is 18.2. The monoisotopic (exact) mass is 488 g/mol. The summed E-state index contributed by atoms with van der Waals surface area (Å²) in [5, 5.41) is 12.2. The Morgan fingerprint density at radius 2 is 1.62 bits per heavy atom. The lowest BCUT2D eigenvalue weighted by molar-refractivity contribution is 0.0736. The maximum absolute atomic E-state index is 13.5. The van der Waals surface area contributed by atoms with Gasteiger partial charge in [0.05, 0.1) is 6.54 Å². The van der Waals surface area contributed by atoms with Gasteiger partial charge in [0, 0.05) is 35.3 Å². The third-order valence-electron chi connectivity index (χ3n) is 6.55. The van der Waals surface area contributed by atoms with Crippen molar-refractivity contribution >= 4 is 28.4 Å². The topological polar surface area (TPSA) is 87.3 Å². The van der Waals surface area contributed by atoms with Crippen LogP contribution < -0.4 is 10.1 Å². The maximum Gasteiger partial charge on any atom is 0.257 e. The molecule has 7 heteroatoms. The fraction of sp³-hybridized carbons (Fsp3) is 0.100. The molecule has 1 aliphatic rings. The van der Waals surface area contributed by atoms with E-state index in [1.54, 1.807) is 24.3 Å². The Bertz CT molecular complexity index is 1600. The highest BCUT2D eigenvalue weighted by molar-refractivity contribution is 6.07. The largest absolute Gasteiger partial charge is 0.457 e. The molecule has 0 spiro atoms. The molecule has 0 fully saturated rings. The molecule has 0 radical (unpaired) electrons. The van der Waals surface area contributed by atoms with E-state index in [0.717, 1.165) is 22.0 Å². The van der Waals surface area contributed by atoms with Crippen LogP contribution in [0, 0.1) is 0 Å². The van der Waals surface area contributed by atoms with Gasteiger partial charge in [-0.15, -0.1) is 0 Å². The molecule has 2 N–H and O–H groups in total. The summed E-state index contributed by atoms with van der Waals surface area (Å²) < 4.78 is 5.86. The molecule has 6 rings (SSSR count). The molecule has 5 aromatic rings. The summed E-state index contributed by atoms with van der Waals surface area (Å²) in [6.07, 6.45) is 0.634. The molecule has 2 amide bonds. The molecule has 182 valence electrons. The van der Waals surface area contributed by atoms with Crippen molar-refractivity contribution in [2.75, 3.05) is 11.9 Å². The summed E-state index contributed by atoms with van der Waals surface area (Å²) >= 11 is 0. The van der Waals surface area contributed by atoms with Crippen LogP contribution in [0.3, 0.4) is 0 Å². The number of H-pyrrole nitrogens is 1. The van der Waals surface area contributed by atoms with Crippen molar-refractivity contribution in [2.45, 2.75) is 13.0 Å². The van der Waals surface area contributed by atoms with Crippen LogP contribution in [-0.2, 0) is 13.0 Å². The second kappa shape index (κ2) is 9.62. The first-order valence-corrected chi connectivity index (χ1v) is 12.1. The molecule has 0 saturated carbocycles. The standard InChI is InChI=1S/C30H24N4O3/c35-29(21-10-6-13-23(18-21)37-22-11-2-1-3-12-22)31-28-26-19-34(17-16-27(26)32-33-28)30(36)25-15-7-9-20-8-4-5-14-24(20)25/h1-15,18H,16-17,19H2,(H2,31,32,33,35). The highest BCUT2D eigenvalue weighted by Gasteiger charge is 2.27. The molecule has 0 atom stereocenters. The first-order valence-electron chi connectivity index (χ1n) is 12.1. The van der Waals surface area contributed by atoms with Gasteiger partial charge in [0.25, 0.3) is 11.8 Å². The van der Waals surface area contributed by atoms with E-state index in [1.165, 1.54) is 0 Å². The van der Waals surface area contributed by atoms with Crippen molar-refractivity contribution in [3.63, 3.8) is 0 Å². The summed E-state index contributed by atoms with van der Waals surface area (Å²) in [6.45, 7) is 0.935. The molecule has 1 aromatic heterocycles. The van der Waals surface area contributed by atoms with Gasteiger partial charge in [-0.1, -0.05) is 60.7 Å². The lowest BCUT2D eigenvalue weighted by Gasteiger charge is -2.27. The van der Waals surface area contributed by atoms with E-state index in [4.69, 9.17) is 4.74 Å². The Morgan fingerprint density at radius 3 is 2.51 bits per heavy atom. The van der Waals surface area contributed by atoms with Gasteiger partial charge in [0.2, 0.25) is 0 Å². The zero-order chi connectivity index (χ0) is 25.2. The number of aromatic nitrogens is 2. The maximum atomic E-state index is 13.5. The number of nitrogens with one attached hydrogen (secondary N) is 2. The number of rotatable bonds is 5. The number of para-hydroxylation sites is 1. The van der Waals surface area contributed by atoms with Crippen LogP contribution in [0.25, 0.3) is 10.8 Å². The Balaban J connectivity index is 1.20. The predicted molar refractivity (Wildman–Crippen MR) is 142 cm³/mol. The molecule has 0 saturated heterocycles. The van der Waals surface area contributed by atoms with Crippen molar-refractivity contribution in [2.24, 2.45) is 0 Å². The van der Waals surface area contributed by atoms with E-state index in [0.29, 0.717) is 48.0 Å². The molecule has 0 unspecified atom stereocenters. The third-order valence-corrected chi connectivity index (χ3v) is 6.55. The van der Waals surface area contributed by atoms with Gasteiger partial charge < -0.3 is 15.0 Å². The number of carbonyl (C=O) groups excluding carboxylic acids is 2. The third kappa shape index (κ3) is 4.54. The van der Waals surface area contributed by atoms with Gasteiger partial charge in [0.1, 0.15) is 11.5 Å². The zero-order valence-corrected chi connectivity index (χ0v) is 20.0. The fourth-order valence-electron chi connectivity index (χ4n) is 4.66. The van der Waals surface area contributed by atoms with E-state index < -0.39 is 0 Å². The number of nitrogens with zero attached hydrogens (tertiary/aromatic N) is 2. The Labute approximate surface area is 213 Å². The van der Waals surface area contributed by atoms with Crippen LogP contribution in [0.2, 0.25) is 0 Å². The number of aromatic amines is 1. The Kier molecular flexibility index (Phi) is 5.86. The van der Waals surface area contributed by atoms with Crippen LogP contribution in [0.4, 0.5) is 5.82 Å². The zero-order valence-electron chi connectivity index (χ0n) is 20.0. The molecule has 37 heavy (non-hydrogen) atoms. The van der Waals surface area contributed by atoms with Gasteiger partial charge in [-0.25, -0.2) is 0 Å². The summed E-state index contributed by atoms with van der Waals surface area (Å²) in [5.74, 6) is 1.36. The van der Waals surface area contributed by atoms with E-state index in [2.05, 4.69) is 15.5 Å². The molecule has 4 aromatic carbocycles. The van der Waals surface area contributed by atoms with Gasteiger partial charge in [0.15, 0.2) is 5.82 Å². The first kappa shape index (κ1) is 22.5. The molecule has 7 nitrogen and oxygen atoms in total. The molecule has 0 bridgehead atoms. The van der Waals surface area contributed by atoms with Gasteiger partial charge in [-0.3, -0.25) is 14.7 Å². The number of fused-ring (bicyclic) bond motifs is 2. The number of anilines is 1. The summed E-state index contributed by atoms with van der Waals surface area (Å²) in [5.41, 5.74) is 2.87. The van der Waals surface area contributed by atoms with Gasteiger partial charge in [-0.05, 0) is 47.2 Å². The molecule has 2 heterocycles. The highest BCUT2D eigenvalue weighted by Crippen LogP contribution is 2.28. The predicted octanol–water partition coefficient (Wildman–Crippen LogP) is 5.81. The van der Waals surface area contributed by atoms with Gasteiger partial charge >= 0.3 is 0 Å². The number of hydrogen-bond donors (Lipinski definition) is 2. The lowest BCUT2D eigenvalue weighted by Crippen LogP contribution is -2.36. The van der Waals surface area contributed by atoms with Crippen molar-refractivity contribution in [1.29, 1.82) is 0 Å². The van der Waals surface area contributed by atoms with E-state index in [9.17, 15) is 9.59 Å². The van der Waals surface area contributed by atoms with Crippen molar-refractivity contribution in [1.82, 2.24) is 15.1 Å². The van der Waals surface area contributed by atoms with Crippen LogP contribution in [0.15, 0.2) is 97.1 Å². The second-order valence-corrected chi connectivity index (χ2v) is 8.93. The lowest BCUT2D eigenvalue weighted by atomic mass is 10.0. The average molecular weight is 489 g/mol. The number of hydrogen-bond acceptors (Lipinski definition) is 4. The average Bonchev–Trinajstić information content (AvgIpc) is 3.35. The minimum Gasteiger partial charge on any atom is -0.457 e. The van der Waals surface area contributed by atoms with Crippen LogP contribution in [0.5, 0.6) is 11.5 Å². The quantitative estimate of drug-likeness (QED) is 0.327. The SMILES string of the molecule is O=C(Nc1n[nH]c2c1CN(C(=O)c1cccc3ccccc13)CC2)c1cccc(Oc2ccccc2)c1. The van der Waals surface area contributed by atoms with Crippen molar-refractivity contribution in [3.8, 4) is 11.5 Å². The molecular weight excluding hydrogens is 464 g/mol. The summed E-state index contributed by atoms with van der Waals surface area (Å²) in [4.78, 5) is 28.4. The Hall–Kier alpha value is -4.91. The van der Waals surface area contributed by atoms with Crippen LogP contribution in [0.1, 0.15) is 32.0 Å². The van der Waals surface area contributed by atoms with Crippen LogP contribution >= 0.6 is 0 Å². The van der Waals surface area contributed by atoms with Crippen molar-refractivity contribution < 1.29 is 14.3 Å². The minimum absolute atomic E-state index is 0.0355. The number of benzene rings is 4. The summed E-state index contributed by atoms with van der Waals surface area (Å²) in [6, 6.07) is 30.1. The second-order valence-electron chi connectivity index (χ2n) is 8.93. The number of amides is 2. The van der Waals surface area contributed by atoms with E-state index >= 15 is 0 Å². The minimum atomic E-state index is -0.301. The number of carbonyl (C=O) groups is 2. The van der Waals surface area contributed by atoms with E-state index in [-0.39, 0.29) is 11.8 Å². The highest BCUT2D eigenvalue weighted by atomic mass is 16.5.